The van der Waals surface area contributed by atoms with Crippen molar-refractivity contribution >= 4 is 0 Å². The van der Waals surface area contributed by atoms with E-state index in [9.17, 15) is 4.39 Å². The topological polar surface area (TPSA) is 24.1 Å². The number of piperidine rings is 1. The van der Waals surface area contributed by atoms with Crippen LogP contribution in [0.5, 0.6) is 0 Å². The Balaban J connectivity index is 2.13. The number of benzene rings is 1. The maximum absolute atomic E-state index is 14.0. The highest BCUT2D eigenvalue weighted by Crippen LogP contribution is 2.31. The first-order chi connectivity index (χ1) is 9.72. The van der Waals surface area contributed by atoms with E-state index in [-0.39, 0.29) is 22.9 Å². The van der Waals surface area contributed by atoms with E-state index in [2.05, 4.69) is 45.3 Å². The van der Waals surface area contributed by atoms with Crippen molar-refractivity contribution in [2.24, 2.45) is 0 Å². The van der Waals surface area contributed by atoms with Gasteiger partial charge in [0.15, 0.2) is 0 Å². The van der Waals surface area contributed by atoms with E-state index in [1.54, 1.807) is 12.1 Å². The van der Waals surface area contributed by atoms with Crippen LogP contribution in [-0.2, 0) is 0 Å². The fourth-order valence-corrected chi connectivity index (χ4v) is 3.91. The molecule has 0 bridgehead atoms. The van der Waals surface area contributed by atoms with Crippen LogP contribution in [0.15, 0.2) is 24.3 Å². The second-order valence-corrected chi connectivity index (χ2v) is 7.65. The number of hydrogen-bond acceptors (Lipinski definition) is 2. The monoisotopic (exact) mass is 292 g/mol. The molecule has 0 aliphatic carbocycles. The number of halogens is 1. The minimum Gasteiger partial charge on any atom is -0.307 e. The van der Waals surface area contributed by atoms with Gasteiger partial charge in [-0.05, 0) is 53.0 Å². The van der Waals surface area contributed by atoms with Crippen molar-refractivity contribution in [3.8, 4) is 0 Å². The normalized spacial score (nSPS) is 23.0. The van der Waals surface area contributed by atoms with E-state index in [1.165, 1.54) is 0 Å². The first-order valence-corrected chi connectivity index (χ1v) is 8.02. The van der Waals surface area contributed by atoms with Crippen LogP contribution >= 0.6 is 0 Å². The Morgan fingerprint density at radius 1 is 1.19 bits per heavy atom. The van der Waals surface area contributed by atoms with Crippen molar-refractivity contribution in [3.05, 3.63) is 35.6 Å². The van der Waals surface area contributed by atoms with E-state index < -0.39 is 0 Å². The van der Waals surface area contributed by atoms with Crippen LogP contribution in [0.3, 0.4) is 0 Å². The smallest absolute Gasteiger partial charge is 0.127 e. The zero-order chi connectivity index (χ0) is 15.7. The van der Waals surface area contributed by atoms with Gasteiger partial charge in [-0.25, -0.2) is 4.39 Å². The summed E-state index contributed by atoms with van der Waals surface area (Å²) in [6.45, 7) is 11.1. The molecular formula is C18H29FN2. The summed E-state index contributed by atoms with van der Waals surface area (Å²) in [5.41, 5.74) is 0.994. The van der Waals surface area contributed by atoms with Crippen LogP contribution in [0.1, 0.15) is 65.5 Å². The van der Waals surface area contributed by atoms with Gasteiger partial charge in [0.1, 0.15) is 5.82 Å². The fourth-order valence-electron chi connectivity index (χ4n) is 3.91. The van der Waals surface area contributed by atoms with E-state index in [4.69, 9.17) is 0 Å². The molecule has 118 valence electrons. The summed E-state index contributed by atoms with van der Waals surface area (Å²) < 4.78 is 14.0. The Morgan fingerprint density at radius 3 is 2.29 bits per heavy atom. The Morgan fingerprint density at radius 2 is 1.76 bits per heavy atom. The molecule has 3 heteroatoms. The summed E-state index contributed by atoms with van der Waals surface area (Å²) in [6.07, 6.45) is 3.01. The quantitative estimate of drug-likeness (QED) is 0.870. The highest BCUT2D eigenvalue weighted by atomic mass is 19.1. The molecule has 2 nitrogen and oxygen atoms in total. The van der Waals surface area contributed by atoms with Gasteiger partial charge < -0.3 is 10.6 Å². The van der Waals surface area contributed by atoms with Gasteiger partial charge in [-0.15, -0.1) is 0 Å². The average Bonchev–Trinajstić information content (AvgIpc) is 2.33. The minimum absolute atomic E-state index is 0.0842. The summed E-state index contributed by atoms with van der Waals surface area (Å²) in [7, 11) is 0. The molecule has 0 amide bonds. The highest BCUT2D eigenvalue weighted by molar-refractivity contribution is 5.21. The Bertz CT molecular complexity index is 466. The van der Waals surface area contributed by atoms with Gasteiger partial charge in [-0.3, -0.25) is 0 Å². The SMILES string of the molecule is CCC(NC1CC(C)(C)NC(C)(C)C1)c1ccccc1F. The van der Waals surface area contributed by atoms with E-state index in [0.29, 0.717) is 6.04 Å². The summed E-state index contributed by atoms with van der Waals surface area (Å²) in [5.74, 6) is -0.107. The van der Waals surface area contributed by atoms with Gasteiger partial charge in [0.05, 0.1) is 0 Å². The third-order valence-electron chi connectivity index (χ3n) is 4.32. The van der Waals surface area contributed by atoms with Crippen LogP contribution in [0.2, 0.25) is 0 Å². The Hall–Kier alpha value is -0.930. The fraction of sp³-hybridized carbons (Fsp3) is 0.667. The largest absolute Gasteiger partial charge is 0.307 e. The van der Waals surface area contributed by atoms with Gasteiger partial charge >= 0.3 is 0 Å². The number of nitrogens with one attached hydrogen (secondary N) is 2. The van der Waals surface area contributed by atoms with Crippen LogP contribution < -0.4 is 10.6 Å². The maximum Gasteiger partial charge on any atom is 0.127 e. The van der Waals surface area contributed by atoms with Crippen molar-refractivity contribution in [2.75, 3.05) is 0 Å². The summed E-state index contributed by atoms with van der Waals surface area (Å²) in [5, 5.41) is 7.38. The van der Waals surface area contributed by atoms with Gasteiger partial charge in [0.2, 0.25) is 0 Å². The van der Waals surface area contributed by atoms with Gasteiger partial charge in [-0.1, -0.05) is 25.1 Å². The molecule has 1 aromatic rings. The van der Waals surface area contributed by atoms with E-state index >= 15 is 0 Å². The second-order valence-electron chi connectivity index (χ2n) is 7.65. The molecule has 0 radical (unpaired) electrons. The summed E-state index contributed by atoms with van der Waals surface area (Å²) in [6, 6.07) is 7.60. The van der Waals surface area contributed by atoms with Crippen LogP contribution in [0, 0.1) is 5.82 Å². The molecule has 0 saturated carbocycles. The standard InChI is InChI=1S/C18H29FN2/c1-6-16(14-9-7-8-10-15(14)19)20-13-11-17(2,3)21-18(4,5)12-13/h7-10,13,16,20-21H,6,11-12H2,1-5H3. The first-order valence-electron chi connectivity index (χ1n) is 8.02. The third-order valence-corrected chi connectivity index (χ3v) is 4.32. The molecule has 1 fully saturated rings. The van der Waals surface area contributed by atoms with Crippen LogP contribution in [0.4, 0.5) is 4.39 Å². The number of hydrogen-bond donors (Lipinski definition) is 2. The Labute approximate surface area is 128 Å². The summed E-state index contributed by atoms with van der Waals surface area (Å²) in [4.78, 5) is 0. The minimum atomic E-state index is -0.107. The van der Waals surface area contributed by atoms with Crippen molar-refractivity contribution in [2.45, 2.75) is 77.0 Å². The highest BCUT2D eigenvalue weighted by Gasteiger charge is 2.38. The van der Waals surface area contributed by atoms with Gasteiger partial charge in [0, 0.05) is 28.7 Å². The van der Waals surface area contributed by atoms with Crippen molar-refractivity contribution in [1.29, 1.82) is 0 Å². The lowest BCUT2D eigenvalue weighted by atomic mass is 9.79. The van der Waals surface area contributed by atoms with E-state index in [0.717, 1.165) is 24.8 Å². The van der Waals surface area contributed by atoms with Crippen LogP contribution in [0.25, 0.3) is 0 Å². The van der Waals surface area contributed by atoms with Gasteiger partial charge in [0.25, 0.3) is 0 Å². The lowest BCUT2D eigenvalue weighted by molar-refractivity contribution is 0.138. The Kier molecular flexibility index (Phi) is 4.74. The zero-order valence-electron chi connectivity index (χ0n) is 14.0. The maximum atomic E-state index is 14.0. The lowest BCUT2D eigenvalue weighted by Crippen LogP contribution is -2.61. The molecule has 1 aliphatic rings. The molecule has 0 spiro atoms. The van der Waals surface area contributed by atoms with Crippen molar-refractivity contribution in [3.63, 3.8) is 0 Å². The van der Waals surface area contributed by atoms with Crippen molar-refractivity contribution in [1.82, 2.24) is 10.6 Å². The third kappa shape index (κ3) is 4.27. The molecule has 1 aliphatic heterocycles. The lowest BCUT2D eigenvalue weighted by Gasteiger charge is -2.47. The molecule has 1 heterocycles. The van der Waals surface area contributed by atoms with E-state index in [1.807, 2.05) is 12.1 Å². The zero-order valence-corrected chi connectivity index (χ0v) is 14.0. The molecule has 2 N–H and O–H groups in total. The molecular weight excluding hydrogens is 263 g/mol. The predicted molar refractivity (Wildman–Crippen MR) is 86.9 cm³/mol. The van der Waals surface area contributed by atoms with Crippen LogP contribution in [-0.4, -0.2) is 17.1 Å². The average molecular weight is 292 g/mol. The molecule has 1 aromatic carbocycles. The van der Waals surface area contributed by atoms with Crippen molar-refractivity contribution < 1.29 is 4.39 Å². The molecule has 2 rings (SSSR count). The number of rotatable bonds is 4. The first kappa shape index (κ1) is 16.4. The second kappa shape index (κ2) is 6.05. The molecule has 21 heavy (non-hydrogen) atoms. The molecule has 1 atom stereocenters. The molecule has 1 unspecified atom stereocenters. The molecule has 0 aromatic heterocycles. The summed E-state index contributed by atoms with van der Waals surface area (Å²) >= 11 is 0. The molecule has 1 saturated heterocycles. The van der Waals surface area contributed by atoms with Gasteiger partial charge in [-0.2, -0.15) is 0 Å². The predicted octanol–water partition coefficient (Wildman–Crippen LogP) is 4.18.